The zero-order valence-electron chi connectivity index (χ0n) is 20.0. The van der Waals surface area contributed by atoms with Crippen molar-refractivity contribution in [3.05, 3.63) is 94.6 Å². The summed E-state index contributed by atoms with van der Waals surface area (Å²) in [5.74, 6) is 0. The molecule has 0 spiro atoms. The molecule has 3 aliphatic heterocycles. The number of fused-ring (bicyclic) bond motifs is 5. The summed E-state index contributed by atoms with van der Waals surface area (Å²) in [6.45, 7) is 0.247. The molecule has 37 heavy (non-hydrogen) atoms. The normalized spacial score (nSPS) is 16.7. The first-order valence-corrected chi connectivity index (χ1v) is 17.0. The SMILES string of the molecule is N#Cc1cc2c3c(c1)[Se]c1ccccc1B3c1ccc(N3C4=C(CCCC4)[Se]c4ccccc43)cc1S2. The van der Waals surface area contributed by atoms with Gasteiger partial charge < -0.3 is 0 Å². The van der Waals surface area contributed by atoms with Crippen LogP contribution in [-0.2, 0) is 0 Å². The number of rotatable bonds is 1. The van der Waals surface area contributed by atoms with Gasteiger partial charge in [-0.05, 0) is 0 Å². The molecular weight excluding hydrogens is 601 g/mol. The van der Waals surface area contributed by atoms with Gasteiger partial charge in [-0.1, -0.05) is 0 Å². The van der Waals surface area contributed by atoms with E-state index in [4.69, 9.17) is 0 Å². The third-order valence-corrected chi connectivity index (χ3v) is 13.9. The number of hydrogen-bond donors (Lipinski definition) is 0. The molecule has 0 aromatic heterocycles. The van der Waals surface area contributed by atoms with E-state index in [2.05, 4.69) is 89.8 Å². The van der Waals surface area contributed by atoms with E-state index in [9.17, 15) is 5.26 Å². The van der Waals surface area contributed by atoms with E-state index in [1.54, 1.807) is 10.2 Å². The molecule has 3 heterocycles. The number of benzene rings is 4. The van der Waals surface area contributed by atoms with Crippen molar-refractivity contribution in [3.63, 3.8) is 0 Å². The summed E-state index contributed by atoms with van der Waals surface area (Å²) in [4.78, 5) is 5.16. The van der Waals surface area contributed by atoms with Gasteiger partial charge in [0, 0.05) is 0 Å². The first-order valence-electron chi connectivity index (χ1n) is 12.7. The molecule has 1 aliphatic carbocycles. The van der Waals surface area contributed by atoms with Crippen molar-refractivity contribution in [3.8, 4) is 6.07 Å². The minimum atomic E-state index is 0.227. The number of anilines is 2. The fourth-order valence-electron chi connectivity index (χ4n) is 6.14. The van der Waals surface area contributed by atoms with Crippen molar-refractivity contribution in [2.45, 2.75) is 35.5 Å². The van der Waals surface area contributed by atoms with Gasteiger partial charge in [-0.25, -0.2) is 0 Å². The van der Waals surface area contributed by atoms with Crippen LogP contribution in [0.3, 0.4) is 0 Å². The molecule has 176 valence electrons. The summed E-state index contributed by atoms with van der Waals surface area (Å²) >= 11 is 2.52. The molecule has 0 amide bonds. The Labute approximate surface area is 234 Å². The molecule has 0 bridgehead atoms. The average molecular weight is 622 g/mol. The predicted molar refractivity (Wildman–Crippen MR) is 157 cm³/mol. The van der Waals surface area contributed by atoms with E-state index in [0.29, 0.717) is 15.0 Å². The number of para-hydroxylation sites is 1. The van der Waals surface area contributed by atoms with E-state index in [-0.39, 0.29) is 21.7 Å². The number of hydrogen-bond acceptors (Lipinski definition) is 3. The molecule has 0 saturated carbocycles. The van der Waals surface area contributed by atoms with Gasteiger partial charge in [-0.3, -0.25) is 0 Å². The maximum absolute atomic E-state index is 9.79. The van der Waals surface area contributed by atoms with Crippen LogP contribution in [0.2, 0.25) is 0 Å². The van der Waals surface area contributed by atoms with Crippen molar-refractivity contribution >= 4 is 89.5 Å². The Morgan fingerprint density at radius 3 is 2.54 bits per heavy atom. The first-order chi connectivity index (χ1) is 18.3. The summed E-state index contributed by atoms with van der Waals surface area (Å²) in [5.41, 5.74) is 9.25. The van der Waals surface area contributed by atoms with E-state index in [0.717, 1.165) is 5.56 Å². The molecule has 8 rings (SSSR count). The average Bonchev–Trinajstić information content (AvgIpc) is 2.95. The summed E-state index contributed by atoms with van der Waals surface area (Å²) < 4.78 is 5.99. The van der Waals surface area contributed by atoms with E-state index < -0.39 is 0 Å². The third kappa shape index (κ3) is 3.46. The van der Waals surface area contributed by atoms with Crippen LogP contribution in [0.25, 0.3) is 0 Å². The standard InChI is InChI=1S/C31H21BN2SSe2/c33-18-19-15-26-31-30(16-19)36-27-10-4-1-7-22(27)32(31)21-14-13-20(17-25(21)35-26)34-23-8-2-5-11-28(23)37-29-12-6-3-9-24(29)34/h1-2,4-5,7-8,10-11,13-17H,3,6,9,12H2. The zero-order valence-corrected chi connectivity index (χ0v) is 24.3. The Morgan fingerprint density at radius 1 is 0.784 bits per heavy atom. The molecular formula is C31H21BN2SSe2. The molecule has 4 aromatic rings. The second kappa shape index (κ2) is 8.70. The number of nitriles is 1. The molecule has 0 atom stereocenters. The Kier molecular flexibility index (Phi) is 5.26. The van der Waals surface area contributed by atoms with Crippen LogP contribution in [-0.4, -0.2) is 36.6 Å². The molecule has 4 aliphatic rings. The van der Waals surface area contributed by atoms with Crippen LogP contribution in [0.15, 0.2) is 98.8 Å². The molecule has 4 aromatic carbocycles. The molecule has 0 fully saturated rings. The summed E-state index contributed by atoms with van der Waals surface area (Å²) in [7, 11) is 0. The van der Waals surface area contributed by atoms with Gasteiger partial charge in [0.25, 0.3) is 0 Å². The predicted octanol–water partition coefficient (Wildman–Crippen LogP) is 2.77. The van der Waals surface area contributed by atoms with Crippen molar-refractivity contribution in [2.75, 3.05) is 4.90 Å². The van der Waals surface area contributed by atoms with Crippen molar-refractivity contribution in [2.24, 2.45) is 0 Å². The van der Waals surface area contributed by atoms with Crippen LogP contribution >= 0.6 is 11.8 Å². The fraction of sp³-hybridized carbons (Fsp3) is 0.129. The summed E-state index contributed by atoms with van der Waals surface area (Å²) in [5, 5.41) is 9.79. The van der Waals surface area contributed by atoms with Gasteiger partial charge in [0.15, 0.2) is 0 Å². The van der Waals surface area contributed by atoms with Crippen molar-refractivity contribution < 1.29 is 0 Å². The Balaban J connectivity index is 1.32. The monoisotopic (exact) mass is 624 g/mol. The quantitative estimate of drug-likeness (QED) is 0.264. The van der Waals surface area contributed by atoms with Crippen LogP contribution < -0.4 is 34.7 Å². The van der Waals surface area contributed by atoms with Gasteiger partial charge in [0.05, 0.1) is 0 Å². The van der Waals surface area contributed by atoms with E-state index in [1.807, 2.05) is 11.8 Å². The van der Waals surface area contributed by atoms with Crippen LogP contribution in [0, 0.1) is 11.3 Å². The Morgan fingerprint density at radius 2 is 1.62 bits per heavy atom. The number of nitrogens with zero attached hydrogens (tertiary/aromatic N) is 2. The first kappa shape index (κ1) is 22.4. The molecule has 0 saturated heterocycles. The van der Waals surface area contributed by atoms with Crippen molar-refractivity contribution in [1.29, 1.82) is 5.26 Å². The van der Waals surface area contributed by atoms with Crippen LogP contribution in [0.4, 0.5) is 11.4 Å². The van der Waals surface area contributed by atoms with Gasteiger partial charge >= 0.3 is 236 Å². The molecule has 0 N–H and O–H groups in total. The van der Waals surface area contributed by atoms with Gasteiger partial charge in [-0.2, -0.15) is 0 Å². The molecule has 2 nitrogen and oxygen atoms in total. The van der Waals surface area contributed by atoms with Crippen molar-refractivity contribution in [1.82, 2.24) is 0 Å². The maximum atomic E-state index is 9.79. The third-order valence-electron chi connectivity index (χ3n) is 7.76. The Hall–Kier alpha value is -2.64. The number of allylic oxidation sites excluding steroid dienone is 2. The summed E-state index contributed by atoms with van der Waals surface area (Å²) in [6, 6.07) is 31.9. The van der Waals surface area contributed by atoms with Crippen LogP contribution in [0.5, 0.6) is 0 Å². The van der Waals surface area contributed by atoms with Gasteiger partial charge in [0.1, 0.15) is 0 Å². The minimum absolute atomic E-state index is 0.227. The zero-order chi connectivity index (χ0) is 24.5. The second-order valence-electron chi connectivity index (χ2n) is 9.88. The molecule has 6 heteroatoms. The van der Waals surface area contributed by atoms with Gasteiger partial charge in [0.2, 0.25) is 0 Å². The Bertz CT molecular complexity index is 1710. The molecule has 0 radical (unpaired) electrons. The molecule has 0 unspecified atom stereocenters. The van der Waals surface area contributed by atoms with E-state index >= 15 is 0 Å². The fourth-order valence-corrected chi connectivity index (χ4v) is 12.7. The van der Waals surface area contributed by atoms with E-state index in [1.165, 1.54) is 76.6 Å². The van der Waals surface area contributed by atoms with Gasteiger partial charge in [-0.15, -0.1) is 0 Å². The van der Waals surface area contributed by atoms with Crippen LogP contribution in [0.1, 0.15) is 31.2 Å². The second-order valence-corrected chi connectivity index (χ2v) is 15.6. The topological polar surface area (TPSA) is 27.0 Å². The summed E-state index contributed by atoms with van der Waals surface area (Å²) in [6.07, 6.45) is 5.01.